The van der Waals surface area contributed by atoms with Crippen molar-refractivity contribution in [2.24, 2.45) is 5.92 Å². The highest BCUT2D eigenvalue weighted by Gasteiger charge is 2.39. The molecular weight excluding hydrogens is 248 g/mol. The van der Waals surface area contributed by atoms with Gasteiger partial charge in [-0.1, -0.05) is 0 Å². The first-order valence-electron chi connectivity index (χ1n) is 6.39. The second-order valence-corrected chi connectivity index (χ2v) is 6.02. The summed E-state index contributed by atoms with van der Waals surface area (Å²) >= 11 is 1.46. The van der Waals surface area contributed by atoms with Gasteiger partial charge in [0.15, 0.2) is 5.13 Å². The summed E-state index contributed by atoms with van der Waals surface area (Å²) in [6.45, 7) is 3.03. The summed E-state index contributed by atoms with van der Waals surface area (Å²) in [5.74, 6) is 0.684. The molecule has 1 N–H and O–H groups in total. The standard InChI is InChI=1S/C12H18N4OS/c1-15-5-2-9-3-6-16(10(9)8-15)12(17)14-11-13-4-7-18-11/h4,7,9-10H,2-3,5-6,8H2,1H3,(H,13,14,17). The molecule has 0 radical (unpaired) electrons. The molecular formula is C12H18N4OS. The van der Waals surface area contributed by atoms with Gasteiger partial charge in [0.2, 0.25) is 0 Å². The fourth-order valence-corrected chi connectivity index (χ4v) is 3.52. The minimum absolute atomic E-state index is 0.00718. The quantitative estimate of drug-likeness (QED) is 0.841. The van der Waals surface area contributed by atoms with Crippen LogP contribution in [0.15, 0.2) is 11.6 Å². The number of aromatic nitrogens is 1. The number of thiazole rings is 1. The van der Waals surface area contributed by atoms with Gasteiger partial charge in [-0.3, -0.25) is 5.32 Å². The van der Waals surface area contributed by atoms with E-state index in [9.17, 15) is 4.79 Å². The van der Waals surface area contributed by atoms with Crippen molar-refractivity contribution in [1.29, 1.82) is 0 Å². The Labute approximate surface area is 111 Å². The fraction of sp³-hybridized carbons (Fsp3) is 0.667. The zero-order valence-electron chi connectivity index (χ0n) is 10.5. The van der Waals surface area contributed by atoms with Crippen LogP contribution in [0.3, 0.4) is 0 Å². The number of amides is 2. The maximum Gasteiger partial charge on any atom is 0.323 e. The Morgan fingerprint density at radius 3 is 3.11 bits per heavy atom. The topological polar surface area (TPSA) is 48.5 Å². The molecule has 2 fully saturated rings. The van der Waals surface area contributed by atoms with Gasteiger partial charge >= 0.3 is 6.03 Å². The number of likely N-dealkylation sites (N-methyl/N-ethyl adjacent to an activating group) is 1. The summed E-state index contributed by atoms with van der Waals surface area (Å²) in [7, 11) is 2.13. The van der Waals surface area contributed by atoms with E-state index in [0.29, 0.717) is 17.1 Å². The van der Waals surface area contributed by atoms with Gasteiger partial charge in [-0.2, -0.15) is 0 Å². The van der Waals surface area contributed by atoms with E-state index in [1.165, 1.54) is 17.8 Å². The summed E-state index contributed by atoms with van der Waals surface area (Å²) in [5, 5.41) is 5.45. The molecule has 3 rings (SSSR count). The van der Waals surface area contributed by atoms with Crippen molar-refractivity contribution in [1.82, 2.24) is 14.8 Å². The highest BCUT2D eigenvalue weighted by molar-refractivity contribution is 7.13. The normalized spacial score (nSPS) is 28.2. The first-order chi connectivity index (χ1) is 8.74. The smallest absolute Gasteiger partial charge is 0.320 e. The Hall–Kier alpha value is -1.14. The molecule has 18 heavy (non-hydrogen) atoms. The molecule has 1 aromatic heterocycles. The second-order valence-electron chi connectivity index (χ2n) is 5.13. The van der Waals surface area contributed by atoms with E-state index in [2.05, 4.69) is 22.2 Å². The zero-order valence-corrected chi connectivity index (χ0v) is 11.3. The third-order valence-corrected chi connectivity index (χ3v) is 4.66. The number of hydrogen-bond donors (Lipinski definition) is 1. The van der Waals surface area contributed by atoms with Gasteiger partial charge in [-0.05, 0) is 32.4 Å². The van der Waals surface area contributed by atoms with E-state index >= 15 is 0 Å². The molecule has 5 nitrogen and oxygen atoms in total. The predicted molar refractivity (Wildman–Crippen MR) is 71.8 cm³/mol. The molecule has 2 amide bonds. The van der Waals surface area contributed by atoms with Crippen LogP contribution in [-0.2, 0) is 0 Å². The number of urea groups is 1. The minimum atomic E-state index is 0.00718. The zero-order chi connectivity index (χ0) is 12.5. The number of carbonyl (C=O) groups excluding carboxylic acids is 1. The van der Waals surface area contributed by atoms with E-state index in [1.807, 2.05) is 10.3 Å². The van der Waals surface area contributed by atoms with Gasteiger partial charge in [0, 0.05) is 30.7 Å². The van der Waals surface area contributed by atoms with Crippen molar-refractivity contribution >= 4 is 22.5 Å². The van der Waals surface area contributed by atoms with Gasteiger partial charge in [0.25, 0.3) is 0 Å². The number of anilines is 1. The van der Waals surface area contributed by atoms with Crippen LogP contribution in [0.4, 0.5) is 9.93 Å². The van der Waals surface area contributed by atoms with Crippen LogP contribution in [-0.4, -0.2) is 53.5 Å². The highest BCUT2D eigenvalue weighted by Crippen LogP contribution is 2.31. The number of hydrogen-bond acceptors (Lipinski definition) is 4. The maximum atomic E-state index is 12.2. The number of nitrogens with one attached hydrogen (secondary N) is 1. The number of rotatable bonds is 1. The summed E-state index contributed by atoms with van der Waals surface area (Å²) in [4.78, 5) is 20.6. The van der Waals surface area contributed by atoms with Crippen LogP contribution in [0.1, 0.15) is 12.8 Å². The second kappa shape index (κ2) is 4.85. The number of fused-ring (bicyclic) bond motifs is 1. The molecule has 1 aromatic rings. The molecule has 98 valence electrons. The van der Waals surface area contributed by atoms with Gasteiger partial charge in [-0.25, -0.2) is 9.78 Å². The van der Waals surface area contributed by atoms with Crippen molar-refractivity contribution < 1.29 is 4.79 Å². The molecule has 6 heteroatoms. The van der Waals surface area contributed by atoms with Crippen molar-refractivity contribution in [3.05, 3.63) is 11.6 Å². The average molecular weight is 266 g/mol. The Morgan fingerprint density at radius 2 is 2.33 bits per heavy atom. The van der Waals surface area contributed by atoms with E-state index in [-0.39, 0.29) is 6.03 Å². The maximum absolute atomic E-state index is 12.2. The molecule has 2 saturated heterocycles. The van der Waals surface area contributed by atoms with Crippen molar-refractivity contribution in [3.8, 4) is 0 Å². The van der Waals surface area contributed by atoms with E-state index < -0.39 is 0 Å². The van der Waals surface area contributed by atoms with Gasteiger partial charge in [0.05, 0.1) is 0 Å². The fourth-order valence-electron chi connectivity index (χ4n) is 3.00. The Morgan fingerprint density at radius 1 is 1.50 bits per heavy atom. The lowest BCUT2D eigenvalue weighted by atomic mass is 9.92. The average Bonchev–Trinajstić information content (AvgIpc) is 2.97. The van der Waals surface area contributed by atoms with Crippen LogP contribution in [0.5, 0.6) is 0 Å². The molecule has 2 unspecified atom stereocenters. The summed E-state index contributed by atoms with van der Waals surface area (Å²) in [6.07, 6.45) is 4.06. The third-order valence-electron chi connectivity index (χ3n) is 3.97. The number of piperidine rings is 1. The summed E-state index contributed by atoms with van der Waals surface area (Å²) in [5.41, 5.74) is 0. The lowest BCUT2D eigenvalue weighted by Gasteiger charge is -2.36. The molecule has 0 aliphatic carbocycles. The van der Waals surface area contributed by atoms with Crippen LogP contribution in [0.2, 0.25) is 0 Å². The molecule has 0 saturated carbocycles. The van der Waals surface area contributed by atoms with E-state index in [1.54, 1.807) is 6.20 Å². The molecule has 2 aliphatic heterocycles. The number of carbonyl (C=O) groups is 1. The monoisotopic (exact) mass is 266 g/mol. The Bertz CT molecular complexity index is 422. The molecule has 2 aliphatic rings. The van der Waals surface area contributed by atoms with Crippen molar-refractivity contribution in [2.45, 2.75) is 18.9 Å². The highest BCUT2D eigenvalue weighted by atomic mass is 32.1. The van der Waals surface area contributed by atoms with Crippen LogP contribution in [0, 0.1) is 5.92 Å². The first-order valence-corrected chi connectivity index (χ1v) is 7.27. The van der Waals surface area contributed by atoms with Gasteiger partial charge < -0.3 is 9.80 Å². The molecule has 0 spiro atoms. The van der Waals surface area contributed by atoms with E-state index in [0.717, 1.165) is 26.1 Å². The molecule has 2 atom stereocenters. The van der Waals surface area contributed by atoms with Crippen molar-refractivity contribution in [2.75, 3.05) is 32.0 Å². The lowest BCUT2D eigenvalue weighted by molar-refractivity contribution is 0.137. The van der Waals surface area contributed by atoms with Crippen molar-refractivity contribution in [3.63, 3.8) is 0 Å². The first kappa shape index (κ1) is 11.9. The van der Waals surface area contributed by atoms with Gasteiger partial charge in [0.1, 0.15) is 0 Å². The molecule has 3 heterocycles. The lowest BCUT2D eigenvalue weighted by Crippen LogP contribution is -2.49. The SMILES string of the molecule is CN1CCC2CCN(C(=O)Nc3nccs3)C2C1. The Balaban J connectivity index is 1.67. The van der Waals surface area contributed by atoms with Crippen LogP contribution in [0.25, 0.3) is 0 Å². The summed E-state index contributed by atoms with van der Waals surface area (Å²) in [6, 6.07) is 0.386. The minimum Gasteiger partial charge on any atom is -0.320 e. The predicted octanol–water partition coefficient (Wildman–Crippen LogP) is 1.70. The molecule has 0 bridgehead atoms. The van der Waals surface area contributed by atoms with Crippen LogP contribution < -0.4 is 5.32 Å². The number of nitrogens with zero attached hydrogens (tertiary/aromatic N) is 3. The van der Waals surface area contributed by atoms with E-state index in [4.69, 9.17) is 0 Å². The van der Waals surface area contributed by atoms with Gasteiger partial charge in [-0.15, -0.1) is 11.3 Å². The number of likely N-dealkylation sites (tertiary alicyclic amines) is 2. The summed E-state index contributed by atoms with van der Waals surface area (Å²) < 4.78 is 0. The molecule has 0 aromatic carbocycles. The Kier molecular flexibility index (Phi) is 3.22. The largest absolute Gasteiger partial charge is 0.323 e. The van der Waals surface area contributed by atoms with Crippen LogP contribution >= 0.6 is 11.3 Å². The third kappa shape index (κ3) is 2.22.